The highest BCUT2D eigenvalue weighted by Gasteiger charge is 2.24. The highest BCUT2D eigenvalue weighted by atomic mass is 19.2. The van der Waals surface area contributed by atoms with Gasteiger partial charge in [-0.3, -0.25) is 4.79 Å². The molecule has 0 aromatic heterocycles. The summed E-state index contributed by atoms with van der Waals surface area (Å²) in [5.41, 5.74) is -0.242. The van der Waals surface area contributed by atoms with Crippen LogP contribution in [0.4, 0.5) is 8.78 Å². The van der Waals surface area contributed by atoms with E-state index in [2.05, 4.69) is 4.74 Å². The number of rotatable bonds is 5. The molecular formula is C12H14F2O5. The van der Waals surface area contributed by atoms with Crippen molar-refractivity contribution in [3.8, 4) is 5.75 Å². The number of aromatic hydroxyl groups is 1. The molecule has 1 aromatic carbocycles. The Labute approximate surface area is 108 Å². The van der Waals surface area contributed by atoms with Crippen LogP contribution in [0.5, 0.6) is 5.75 Å². The third kappa shape index (κ3) is 3.87. The molecule has 0 aliphatic heterocycles. The lowest BCUT2D eigenvalue weighted by Gasteiger charge is -2.17. The first kappa shape index (κ1) is 15.3. The standard InChI is InChI=1S/C12H14F2O5/c1-2-19-10(17)5-9(16)12(18)6-3-7(13)11(14)8(15)4-6/h3-4,9,12,15-16,18H,2,5H2,1H3. The summed E-state index contributed by atoms with van der Waals surface area (Å²) in [6.07, 6.45) is -3.71. The summed E-state index contributed by atoms with van der Waals surface area (Å²) in [5.74, 6) is -4.54. The van der Waals surface area contributed by atoms with Gasteiger partial charge in [-0.25, -0.2) is 4.39 Å². The molecule has 0 radical (unpaired) electrons. The first-order chi connectivity index (χ1) is 8.86. The maximum Gasteiger partial charge on any atom is 0.308 e. The predicted octanol–water partition coefficient (Wildman–Crippen LogP) is 1.02. The van der Waals surface area contributed by atoms with Crippen molar-refractivity contribution in [1.29, 1.82) is 0 Å². The quantitative estimate of drug-likeness (QED) is 0.699. The number of carbonyl (C=O) groups excluding carboxylic acids is 1. The van der Waals surface area contributed by atoms with Crippen LogP contribution in [0.25, 0.3) is 0 Å². The van der Waals surface area contributed by atoms with Crippen LogP contribution in [0.3, 0.4) is 0 Å². The number of aliphatic hydroxyl groups excluding tert-OH is 2. The zero-order chi connectivity index (χ0) is 14.6. The zero-order valence-corrected chi connectivity index (χ0v) is 10.1. The molecule has 5 nitrogen and oxygen atoms in total. The van der Waals surface area contributed by atoms with Crippen molar-refractivity contribution in [1.82, 2.24) is 0 Å². The Kier molecular flexibility index (Phi) is 5.20. The second kappa shape index (κ2) is 6.44. The average Bonchev–Trinajstić information content (AvgIpc) is 2.34. The van der Waals surface area contributed by atoms with Crippen LogP contribution in [-0.4, -0.2) is 34.0 Å². The number of phenols is 1. The lowest BCUT2D eigenvalue weighted by molar-refractivity contribution is -0.147. The van der Waals surface area contributed by atoms with Gasteiger partial charge in [-0.15, -0.1) is 0 Å². The van der Waals surface area contributed by atoms with Gasteiger partial charge in [0.25, 0.3) is 0 Å². The van der Waals surface area contributed by atoms with Crippen molar-refractivity contribution in [3.05, 3.63) is 29.3 Å². The Morgan fingerprint density at radius 3 is 2.53 bits per heavy atom. The van der Waals surface area contributed by atoms with Crippen molar-refractivity contribution in [3.63, 3.8) is 0 Å². The second-order valence-electron chi connectivity index (χ2n) is 3.86. The number of hydrogen-bond acceptors (Lipinski definition) is 5. The molecule has 3 N–H and O–H groups in total. The van der Waals surface area contributed by atoms with E-state index in [-0.39, 0.29) is 12.2 Å². The summed E-state index contributed by atoms with van der Waals surface area (Å²) >= 11 is 0. The molecule has 19 heavy (non-hydrogen) atoms. The van der Waals surface area contributed by atoms with Crippen LogP contribution in [-0.2, 0) is 9.53 Å². The van der Waals surface area contributed by atoms with E-state index >= 15 is 0 Å². The fraction of sp³-hybridized carbons (Fsp3) is 0.417. The molecule has 0 bridgehead atoms. The Balaban J connectivity index is 2.82. The third-order valence-electron chi connectivity index (χ3n) is 2.42. The molecule has 0 amide bonds. The Bertz CT molecular complexity index is 440. The van der Waals surface area contributed by atoms with Gasteiger partial charge in [-0.05, 0) is 24.6 Å². The lowest BCUT2D eigenvalue weighted by Crippen LogP contribution is -2.23. The molecule has 106 valence electrons. The number of esters is 1. The molecule has 0 heterocycles. The fourth-order valence-electron chi connectivity index (χ4n) is 1.49. The van der Waals surface area contributed by atoms with E-state index in [1.165, 1.54) is 0 Å². The summed E-state index contributed by atoms with van der Waals surface area (Å²) in [6.45, 7) is 1.70. The Hall–Kier alpha value is -1.73. The van der Waals surface area contributed by atoms with Crippen molar-refractivity contribution < 1.29 is 33.6 Å². The maximum absolute atomic E-state index is 13.0. The number of carbonyl (C=O) groups is 1. The molecule has 2 unspecified atom stereocenters. The first-order valence-electron chi connectivity index (χ1n) is 5.56. The van der Waals surface area contributed by atoms with Gasteiger partial charge in [0.1, 0.15) is 6.10 Å². The highest BCUT2D eigenvalue weighted by Crippen LogP contribution is 2.27. The highest BCUT2D eigenvalue weighted by molar-refractivity contribution is 5.70. The molecule has 1 rings (SSSR count). The van der Waals surface area contributed by atoms with E-state index in [0.717, 1.165) is 6.07 Å². The van der Waals surface area contributed by atoms with E-state index in [1.54, 1.807) is 6.92 Å². The van der Waals surface area contributed by atoms with Gasteiger partial charge in [0.2, 0.25) is 0 Å². The van der Waals surface area contributed by atoms with Crippen molar-refractivity contribution in [2.45, 2.75) is 25.6 Å². The molecule has 2 atom stereocenters. The molecule has 7 heteroatoms. The Morgan fingerprint density at radius 1 is 1.37 bits per heavy atom. The number of aliphatic hydroxyl groups is 2. The summed E-state index contributed by atoms with van der Waals surface area (Å²) < 4.78 is 30.4. The smallest absolute Gasteiger partial charge is 0.308 e. The summed E-state index contributed by atoms with van der Waals surface area (Å²) in [5, 5.41) is 28.3. The predicted molar refractivity (Wildman–Crippen MR) is 60.2 cm³/mol. The van der Waals surface area contributed by atoms with Crippen molar-refractivity contribution >= 4 is 5.97 Å². The van der Waals surface area contributed by atoms with Crippen LogP contribution in [0.2, 0.25) is 0 Å². The van der Waals surface area contributed by atoms with Crippen LogP contribution < -0.4 is 0 Å². The summed E-state index contributed by atoms with van der Waals surface area (Å²) in [7, 11) is 0. The van der Waals surface area contributed by atoms with Crippen molar-refractivity contribution in [2.24, 2.45) is 0 Å². The first-order valence-corrected chi connectivity index (χ1v) is 5.56. The van der Waals surface area contributed by atoms with Gasteiger partial charge in [-0.1, -0.05) is 0 Å². The third-order valence-corrected chi connectivity index (χ3v) is 2.42. The molecule has 0 fully saturated rings. The minimum atomic E-state index is -1.65. The van der Waals surface area contributed by atoms with Gasteiger partial charge in [0.05, 0.1) is 19.1 Å². The van der Waals surface area contributed by atoms with Crippen molar-refractivity contribution in [2.75, 3.05) is 6.61 Å². The van der Waals surface area contributed by atoms with Gasteiger partial charge in [0, 0.05) is 0 Å². The topological polar surface area (TPSA) is 87.0 Å². The molecule has 1 aromatic rings. The monoisotopic (exact) mass is 276 g/mol. The molecule has 0 spiro atoms. The average molecular weight is 276 g/mol. The van der Waals surface area contributed by atoms with Gasteiger partial charge < -0.3 is 20.1 Å². The van der Waals surface area contributed by atoms with E-state index in [4.69, 9.17) is 5.11 Å². The normalized spacial score (nSPS) is 13.9. The van der Waals surface area contributed by atoms with E-state index in [9.17, 15) is 23.8 Å². The van der Waals surface area contributed by atoms with E-state index in [0.29, 0.717) is 6.07 Å². The van der Waals surface area contributed by atoms with Crippen LogP contribution in [0.1, 0.15) is 25.0 Å². The summed E-state index contributed by atoms with van der Waals surface area (Å²) in [4.78, 5) is 11.1. The molecule has 0 saturated carbocycles. The van der Waals surface area contributed by atoms with Crippen LogP contribution in [0.15, 0.2) is 12.1 Å². The van der Waals surface area contributed by atoms with E-state index < -0.39 is 42.0 Å². The van der Waals surface area contributed by atoms with Crippen LogP contribution >= 0.6 is 0 Å². The van der Waals surface area contributed by atoms with Crippen LogP contribution in [0, 0.1) is 11.6 Å². The molecular weight excluding hydrogens is 262 g/mol. The minimum Gasteiger partial charge on any atom is -0.505 e. The molecule has 0 aliphatic carbocycles. The number of ether oxygens (including phenoxy) is 1. The molecule has 0 saturated heterocycles. The fourth-order valence-corrected chi connectivity index (χ4v) is 1.49. The lowest BCUT2D eigenvalue weighted by atomic mass is 10.0. The largest absolute Gasteiger partial charge is 0.505 e. The number of phenolic OH excluding ortho intramolecular Hbond substituents is 1. The zero-order valence-electron chi connectivity index (χ0n) is 10.1. The Morgan fingerprint density at radius 2 is 2.00 bits per heavy atom. The molecule has 0 aliphatic rings. The number of halogens is 2. The van der Waals surface area contributed by atoms with E-state index in [1.807, 2.05) is 0 Å². The second-order valence-corrected chi connectivity index (χ2v) is 3.86. The summed E-state index contributed by atoms with van der Waals surface area (Å²) in [6, 6.07) is 1.41. The van der Waals surface area contributed by atoms with Gasteiger partial charge in [-0.2, -0.15) is 4.39 Å². The minimum absolute atomic E-state index is 0.119. The maximum atomic E-state index is 13.0. The number of benzene rings is 1. The SMILES string of the molecule is CCOC(=O)CC(O)C(O)c1cc(O)c(F)c(F)c1. The van der Waals surface area contributed by atoms with Gasteiger partial charge in [0.15, 0.2) is 17.4 Å². The number of hydrogen-bond donors (Lipinski definition) is 3. The van der Waals surface area contributed by atoms with Gasteiger partial charge >= 0.3 is 5.97 Å².